The van der Waals surface area contributed by atoms with Crippen LogP contribution in [0.2, 0.25) is 5.02 Å². The first-order chi connectivity index (χ1) is 19.8. The van der Waals surface area contributed by atoms with E-state index in [0.29, 0.717) is 28.0 Å². The van der Waals surface area contributed by atoms with Crippen molar-refractivity contribution in [1.82, 2.24) is 20.1 Å². The van der Waals surface area contributed by atoms with E-state index in [1.165, 1.54) is 4.90 Å². The van der Waals surface area contributed by atoms with Gasteiger partial charge in [-0.25, -0.2) is 4.79 Å². The van der Waals surface area contributed by atoms with E-state index in [0.717, 1.165) is 32.1 Å². The highest BCUT2D eigenvalue weighted by Gasteiger charge is 2.40. The number of esters is 1. The third kappa shape index (κ3) is 5.68. The molecule has 216 valence electrons. The number of carbonyl (C=O) groups excluding carboxylic acids is 4. The van der Waals surface area contributed by atoms with Crippen LogP contribution < -0.4 is 5.32 Å². The van der Waals surface area contributed by atoms with Crippen LogP contribution in [0.15, 0.2) is 42.5 Å². The minimum atomic E-state index is -1.17. The number of carbonyl (C=O) groups is 4. The van der Waals surface area contributed by atoms with Crippen LogP contribution in [0, 0.1) is 0 Å². The number of fused-ring (bicyclic) bond motifs is 2. The molecule has 1 saturated carbocycles. The van der Waals surface area contributed by atoms with Crippen LogP contribution in [0.25, 0.3) is 10.9 Å². The second-order valence-corrected chi connectivity index (χ2v) is 10.9. The van der Waals surface area contributed by atoms with Crippen molar-refractivity contribution in [2.45, 2.75) is 58.0 Å². The molecule has 5 rings (SSSR count). The van der Waals surface area contributed by atoms with Gasteiger partial charge >= 0.3 is 5.97 Å². The lowest BCUT2D eigenvalue weighted by Crippen LogP contribution is -2.51. The Bertz CT molecular complexity index is 1480. The van der Waals surface area contributed by atoms with Gasteiger partial charge in [0.15, 0.2) is 0 Å². The zero-order valence-electron chi connectivity index (χ0n) is 23.4. The summed E-state index contributed by atoms with van der Waals surface area (Å²) in [5, 5.41) is 4.23. The summed E-state index contributed by atoms with van der Waals surface area (Å²) in [6.07, 6.45) is 4.84. The molecule has 2 aliphatic rings. The van der Waals surface area contributed by atoms with E-state index >= 15 is 0 Å². The second-order valence-electron chi connectivity index (χ2n) is 10.5. The molecule has 1 unspecified atom stereocenters. The molecule has 2 heterocycles. The molecule has 3 aromatic rings. The SMILES string of the molecule is CCOC(=O)c1[nH]c2cc(Cl)ccc2c1C(C(=O)NC1CCCCC1)N1CCN(CC)C(=O)c2ccccc2C1=O. The van der Waals surface area contributed by atoms with Crippen LogP contribution >= 0.6 is 11.6 Å². The fourth-order valence-corrected chi connectivity index (χ4v) is 6.13. The Balaban J connectivity index is 1.70. The molecule has 1 fully saturated rings. The summed E-state index contributed by atoms with van der Waals surface area (Å²) in [6.45, 7) is 4.48. The van der Waals surface area contributed by atoms with E-state index in [1.54, 1.807) is 54.3 Å². The molecular weight excluding hydrogens is 544 g/mol. The van der Waals surface area contributed by atoms with Gasteiger partial charge < -0.3 is 24.8 Å². The molecule has 0 saturated heterocycles. The first-order valence-electron chi connectivity index (χ1n) is 14.3. The fourth-order valence-electron chi connectivity index (χ4n) is 5.96. The van der Waals surface area contributed by atoms with Gasteiger partial charge in [-0.2, -0.15) is 0 Å². The molecular formula is C31H35ClN4O5. The van der Waals surface area contributed by atoms with Gasteiger partial charge in [-0.05, 0) is 51.0 Å². The van der Waals surface area contributed by atoms with E-state index in [-0.39, 0.29) is 54.4 Å². The Morgan fingerprint density at radius 3 is 2.41 bits per heavy atom. The molecule has 1 atom stereocenters. The number of rotatable bonds is 7. The molecule has 2 aromatic carbocycles. The van der Waals surface area contributed by atoms with Gasteiger partial charge in [0.1, 0.15) is 11.7 Å². The van der Waals surface area contributed by atoms with Gasteiger partial charge in [0, 0.05) is 47.2 Å². The first kappa shape index (κ1) is 28.7. The Morgan fingerprint density at radius 2 is 1.73 bits per heavy atom. The van der Waals surface area contributed by atoms with Crippen LogP contribution in [0.5, 0.6) is 0 Å². The maximum atomic E-state index is 14.3. The van der Waals surface area contributed by atoms with Gasteiger partial charge in [0.25, 0.3) is 11.8 Å². The van der Waals surface area contributed by atoms with Crippen molar-refractivity contribution in [2.75, 3.05) is 26.2 Å². The number of benzene rings is 2. The molecule has 1 aliphatic carbocycles. The van der Waals surface area contributed by atoms with Gasteiger partial charge in [0.2, 0.25) is 5.91 Å². The van der Waals surface area contributed by atoms with Gasteiger partial charge in [-0.15, -0.1) is 0 Å². The monoisotopic (exact) mass is 578 g/mol. The zero-order chi connectivity index (χ0) is 29.1. The lowest BCUT2D eigenvalue weighted by molar-refractivity contribution is -0.126. The molecule has 3 amide bonds. The molecule has 1 aromatic heterocycles. The van der Waals surface area contributed by atoms with Crippen molar-refractivity contribution in [1.29, 1.82) is 0 Å². The normalized spacial score (nSPS) is 17.1. The molecule has 0 radical (unpaired) electrons. The van der Waals surface area contributed by atoms with Crippen molar-refractivity contribution in [3.63, 3.8) is 0 Å². The quantitative estimate of drug-likeness (QED) is 0.379. The molecule has 10 heteroatoms. The highest BCUT2D eigenvalue weighted by Crippen LogP contribution is 2.36. The number of hydrogen-bond donors (Lipinski definition) is 2. The van der Waals surface area contributed by atoms with E-state index in [1.807, 2.05) is 6.92 Å². The first-order valence-corrected chi connectivity index (χ1v) is 14.7. The number of likely N-dealkylation sites (N-methyl/N-ethyl adjacent to an activating group) is 1. The van der Waals surface area contributed by atoms with E-state index in [9.17, 15) is 19.2 Å². The highest BCUT2D eigenvalue weighted by atomic mass is 35.5. The standard InChI is InChI=1S/C31H35ClN4O5/c1-3-35-16-17-36(30(39)22-13-9-8-12-21(22)29(35)38)27(28(37)33-20-10-6-5-7-11-20)25-23-15-14-19(32)18-24(23)34-26(25)31(40)41-4-2/h8-9,12-15,18,20,27,34H,3-7,10-11,16-17H2,1-2H3,(H,33,37). The smallest absolute Gasteiger partial charge is 0.355 e. The zero-order valence-corrected chi connectivity index (χ0v) is 24.1. The average molecular weight is 579 g/mol. The molecule has 0 bridgehead atoms. The van der Waals surface area contributed by atoms with Crippen molar-refractivity contribution >= 4 is 46.2 Å². The summed E-state index contributed by atoms with van der Waals surface area (Å²) in [4.78, 5) is 61.5. The molecule has 9 nitrogen and oxygen atoms in total. The lowest BCUT2D eigenvalue weighted by Gasteiger charge is -2.37. The molecule has 41 heavy (non-hydrogen) atoms. The van der Waals surface area contributed by atoms with Crippen LogP contribution in [0.1, 0.15) is 88.8 Å². The maximum Gasteiger partial charge on any atom is 0.355 e. The second kappa shape index (κ2) is 12.3. The summed E-state index contributed by atoms with van der Waals surface area (Å²) >= 11 is 6.29. The Kier molecular flexibility index (Phi) is 8.63. The third-order valence-electron chi connectivity index (χ3n) is 7.99. The summed E-state index contributed by atoms with van der Waals surface area (Å²) in [5.74, 6) is -1.69. The topological polar surface area (TPSA) is 112 Å². The van der Waals surface area contributed by atoms with Crippen molar-refractivity contribution in [3.8, 4) is 0 Å². The third-order valence-corrected chi connectivity index (χ3v) is 8.23. The number of nitrogens with zero attached hydrogens (tertiary/aromatic N) is 2. The number of amides is 3. The van der Waals surface area contributed by atoms with Crippen LogP contribution in [0.3, 0.4) is 0 Å². The van der Waals surface area contributed by atoms with Crippen molar-refractivity contribution < 1.29 is 23.9 Å². The summed E-state index contributed by atoms with van der Waals surface area (Å²) in [5.41, 5.74) is 1.50. The number of halogens is 1. The van der Waals surface area contributed by atoms with Crippen molar-refractivity contribution in [2.24, 2.45) is 0 Å². The van der Waals surface area contributed by atoms with E-state index in [2.05, 4.69) is 10.3 Å². The number of nitrogens with one attached hydrogen (secondary N) is 2. The minimum Gasteiger partial charge on any atom is -0.461 e. The summed E-state index contributed by atoms with van der Waals surface area (Å²) < 4.78 is 5.38. The van der Waals surface area contributed by atoms with Crippen LogP contribution in [0.4, 0.5) is 0 Å². The Hall–Kier alpha value is -3.85. The largest absolute Gasteiger partial charge is 0.461 e. The molecule has 2 N–H and O–H groups in total. The maximum absolute atomic E-state index is 14.3. The average Bonchev–Trinajstić information content (AvgIpc) is 3.34. The van der Waals surface area contributed by atoms with Crippen LogP contribution in [-0.4, -0.2) is 70.8 Å². The minimum absolute atomic E-state index is 0.0321. The number of ether oxygens (including phenoxy) is 1. The predicted octanol–water partition coefficient (Wildman–Crippen LogP) is 5.11. The van der Waals surface area contributed by atoms with Crippen LogP contribution in [-0.2, 0) is 9.53 Å². The predicted molar refractivity (Wildman–Crippen MR) is 156 cm³/mol. The molecule has 1 aliphatic heterocycles. The summed E-state index contributed by atoms with van der Waals surface area (Å²) in [7, 11) is 0. The highest BCUT2D eigenvalue weighted by molar-refractivity contribution is 6.31. The number of aromatic nitrogens is 1. The van der Waals surface area contributed by atoms with E-state index in [4.69, 9.17) is 16.3 Å². The van der Waals surface area contributed by atoms with Crippen molar-refractivity contribution in [3.05, 3.63) is 69.9 Å². The molecule has 0 spiro atoms. The lowest BCUT2D eigenvalue weighted by atomic mass is 9.93. The van der Waals surface area contributed by atoms with Gasteiger partial charge in [0.05, 0.1) is 17.7 Å². The van der Waals surface area contributed by atoms with Gasteiger partial charge in [-0.3, -0.25) is 14.4 Å². The number of H-pyrrole nitrogens is 1. The number of hydrogen-bond acceptors (Lipinski definition) is 5. The van der Waals surface area contributed by atoms with E-state index < -0.39 is 17.9 Å². The number of aromatic amines is 1. The fraction of sp³-hybridized carbons (Fsp3) is 0.419. The summed E-state index contributed by atoms with van der Waals surface area (Å²) in [6, 6.07) is 10.6. The Labute approximate surface area is 244 Å². The van der Waals surface area contributed by atoms with Gasteiger partial charge in [-0.1, -0.05) is 49.1 Å². The Morgan fingerprint density at radius 1 is 1.02 bits per heavy atom.